The van der Waals surface area contributed by atoms with Crippen LogP contribution >= 0.6 is 0 Å². The zero-order chi connectivity index (χ0) is 20.7. The minimum absolute atomic E-state index is 0.250. The number of aryl methyl sites for hydroxylation is 1. The van der Waals surface area contributed by atoms with Crippen molar-refractivity contribution in [2.75, 3.05) is 0 Å². The van der Waals surface area contributed by atoms with Crippen LogP contribution in [-0.4, -0.2) is 20.4 Å². The number of carbonyl (C=O) groups excluding carboxylic acids is 3. The van der Waals surface area contributed by atoms with Crippen LogP contribution in [-0.2, 0) is 39.2 Å². The summed E-state index contributed by atoms with van der Waals surface area (Å²) in [6.45, 7) is 1.90. The van der Waals surface area contributed by atoms with Crippen molar-refractivity contribution in [3.05, 3.63) is 82.9 Å². The molecule has 0 aliphatic carbocycles. The predicted molar refractivity (Wildman–Crippen MR) is 96.4 cm³/mol. The molecule has 1 aliphatic heterocycles. The lowest BCUT2D eigenvalue weighted by molar-refractivity contribution is -0.191. The molecule has 0 aromatic heterocycles. The van der Waals surface area contributed by atoms with Crippen LogP contribution in [0.4, 0.5) is 0 Å². The lowest BCUT2D eigenvalue weighted by Gasteiger charge is -2.09. The second kappa shape index (κ2) is 8.98. The first kappa shape index (κ1) is 20.9. The zero-order valence-corrected chi connectivity index (χ0v) is 15.6. The van der Waals surface area contributed by atoms with Gasteiger partial charge in [0.2, 0.25) is 17.4 Å². The Hall–Kier alpha value is -3.42. The molecule has 1 atom stereocenters. The van der Waals surface area contributed by atoms with Gasteiger partial charge in [0.15, 0.2) is 6.10 Å². The first-order valence-corrected chi connectivity index (χ1v) is 9.57. The minimum atomic E-state index is -4.04. The van der Waals surface area contributed by atoms with E-state index >= 15 is 0 Å². The summed E-state index contributed by atoms with van der Waals surface area (Å²) in [4.78, 5) is 28.7. The Bertz CT molecular complexity index is 1010. The topological polar surface area (TPSA) is 130 Å². The number of rotatable bonds is 5. The van der Waals surface area contributed by atoms with Crippen LogP contribution in [0, 0.1) is 6.92 Å². The van der Waals surface area contributed by atoms with E-state index in [0.29, 0.717) is 11.1 Å². The molecule has 0 saturated carbocycles. The van der Waals surface area contributed by atoms with E-state index in [1.807, 2.05) is 6.92 Å². The van der Waals surface area contributed by atoms with Gasteiger partial charge in [-0.2, -0.15) is 18.0 Å². The van der Waals surface area contributed by atoms with Crippen molar-refractivity contribution in [2.24, 2.45) is 5.73 Å². The summed E-state index contributed by atoms with van der Waals surface area (Å²) >= 11 is 0. The van der Waals surface area contributed by atoms with Crippen molar-refractivity contribution < 1.29 is 31.7 Å². The average Bonchev–Trinajstić information content (AvgIpc) is 2.93. The molecule has 0 spiro atoms. The maximum absolute atomic E-state index is 12.4. The first-order valence-electron chi connectivity index (χ1n) is 8.00. The van der Waals surface area contributed by atoms with Gasteiger partial charge in [-0.05, 0) is 12.5 Å². The lowest BCUT2D eigenvalue weighted by atomic mass is 10.1. The fourth-order valence-electron chi connectivity index (χ4n) is 2.45. The molecule has 28 heavy (non-hydrogen) atoms. The molecule has 0 bridgehead atoms. The number of nitrogens with two attached hydrogens (primary N) is 1. The number of ether oxygens (including phenoxy) is 1. The van der Waals surface area contributed by atoms with E-state index in [4.69, 9.17) is 24.2 Å². The molecule has 0 amide bonds. The Morgan fingerprint density at radius 2 is 1.64 bits per heavy atom. The van der Waals surface area contributed by atoms with Crippen LogP contribution in [0.3, 0.4) is 0 Å². The third-order valence-electron chi connectivity index (χ3n) is 3.71. The van der Waals surface area contributed by atoms with E-state index < -0.39 is 27.8 Å². The Balaban J connectivity index is 0.000000878. The van der Waals surface area contributed by atoms with Crippen LogP contribution in [0.5, 0.6) is 0 Å². The van der Waals surface area contributed by atoms with Crippen molar-refractivity contribution in [1.82, 2.24) is 0 Å². The van der Waals surface area contributed by atoms with Crippen LogP contribution in [0.1, 0.15) is 22.8 Å². The van der Waals surface area contributed by atoms with Gasteiger partial charge in [0, 0.05) is 5.56 Å². The van der Waals surface area contributed by atoms with Gasteiger partial charge in [-0.1, -0.05) is 60.2 Å². The second-order valence-corrected chi connectivity index (χ2v) is 7.39. The molecule has 2 aromatic carbocycles. The SMILES string of the molecule is Cc1ccc(CS(=O)(=O)OC2=C(N)OC(c3ccccc3)C2=O)cc1.O=C=O. The standard InChI is InChI=1S/C18H17NO5S.CO2/c1-12-7-9-13(10-8-12)11-25(21,22)24-17-15(20)16(23-18(17)19)14-5-3-2-4-6-14;2-1-3/h2-10,16H,11,19H2,1H3;. The van der Waals surface area contributed by atoms with E-state index in [1.165, 1.54) is 0 Å². The summed E-state index contributed by atoms with van der Waals surface area (Å²) in [5.74, 6) is -1.78. The fourth-order valence-corrected chi connectivity index (χ4v) is 3.53. The smallest absolute Gasteiger partial charge is 0.373 e. The number of hydrogen-bond donors (Lipinski definition) is 1. The highest BCUT2D eigenvalue weighted by molar-refractivity contribution is 7.86. The van der Waals surface area contributed by atoms with Gasteiger partial charge in [-0.25, -0.2) is 0 Å². The van der Waals surface area contributed by atoms with Gasteiger partial charge < -0.3 is 14.7 Å². The molecule has 9 heteroatoms. The molecule has 3 rings (SSSR count). The van der Waals surface area contributed by atoms with Crippen molar-refractivity contribution in [3.8, 4) is 0 Å². The second-order valence-electron chi connectivity index (χ2n) is 5.82. The number of carbonyl (C=O) groups is 1. The monoisotopic (exact) mass is 403 g/mol. The van der Waals surface area contributed by atoms with Crippen LogP contribution < -0.4 is 5.73 Å². The molecule has 0 saturated heterocycles. The van der Waals surface area contributed by atoms with Gasteiger partial charge in [-0.3, -0.25) is 4.79 Å². The summed E-state index contributed by atoms with van der Waals surface area (Å²) in [7, 11) is -4.04. The van der Waals surface area contributed by atoms with Gasteiger partial charge in [0.1, 0.15) is 5.75 Å². The summed E-state index contributed by atoms with van der Waals surface area (Å²) in [5, 5.41) is 0. The van der Waals surface area contributed by atoms with Crippen molar-refractivity contribution in [2.45, 2.75) is 18.8 Å². The first-order chi connectivity index (χ1) is 13.3. The number of ketones is 1. The van der Waals surface area contributed by atoms with Gasteiger partial charge in [0.05, 0.1) is 0 Å². The van der Waals surface area contributed by atoms with E-state index in [1.54, 1.807) is 54.6 Å². The maximum Gasteiger partial charge on any atom is 0.373 e. The Morgan fingerprint density at radius 1 is 1.07 bits per heavy atom. The third kappa shape index (κ3) is 5.29. The summed E-state index contributed by atoms with van der Waals surface area (Å²) in [5.41, 5.74) is 7.80. The largest absolute Gasteiger partial charge is 0.460 e. The fraction of sp³-hybridized carbons (Fsp3) is 0.158. The highest BCUT2D eigenvalue weighted by Gasteiger charge is 2.39. The predicted octanol–water partition coefficient (Wildman–Crippen LogP) is 1.73. The van der Waals surface area contributed by atoms with Crippen molar-refractivity contribution in [3.63, 3.8) is 0 Å². The molecule has 0 radical (unpaired) electrons. The van der Waals surface area contributed by atoms with E-state index in [9.17, 15) is 13.2 Å². The van der Waals surface area contributed by atoms with Crippen molar-refractivity contribution in [1.29, 1.82) is 0 Å². The molecular formula is C19H17NO7S. The molecule has 1 aliphatic rings. The highest BCUT2D eigenvalue weighted by atomic mass is 32.2. The van der Waals surface area contributed by atoms with E-state index in [0.717, 1.165) is 5.56 Å². The molecule has 0 fully saturated rings. The van der Waals surface area contributed by atoms with Gasteiger partial charge in [-0.15, -0.1) is 0 Å². The third-order valence-corrected chi connectivity index (χ3v) is 4.81. The van der Waals surface area contributed by atoms with E-state index in [2.05, 4.69) is 0 Å². The van der Waals surface area contributed by atoms with Crippen molar-refractivity contribution >= 4 is 22.1 Å². The molecule has 8 nitrogen and oxygen atoms in total. The highest BCUT2D eigenvalue weighted by Crippen LogP contribution is 2.32. The van der Waals surface area contributed by atoms with Gasteiger partial charge in [0.25, 0.3) is 0 Å². The van der Waals surface area contributed by atoms with Crippen LogP contribution in [0.2, 0.25) is 0 Å². The van der Waals surface area contributed by atoms with Gasteiger partial charge >= 0.3 is 16.3 Å². The maximum atomic E-state index is 12.4. The summed E-state index contributed by atoms with van der Waals surface area (Å²) in [6, 6.07) is 15.6. The molecular weight excluding hydrogens is 386 g/mol. The minimum Gasteiger partial charge on any atom is -0.460 e. The zero-order valence-electron chi connectivity index (χ0n) is 14.8. The Labute approximate surface area is 161 Å². The molecule has 1 unspecified atom stereocenters. The Morgan fingerprint density at radius 3 is 2.21 bits per heavy atom. The number of Topliss-reactive ketones (excluding diaryl/α,β-unsaturated/α-hetero) is 1. The quantitative estimate of drug-likeness (QED) is 0.747. The number of benzene rings is 2. The molecule has 2 aromatic rings. The van der Waals surface area contributed by atoms with E-state index in [-0.39, 0.29) is 17.8 Å². The van der Waals surface area contributed by atoms with Crippen LogP contribution in [0.25, 0.3) is 0 Å². The summed E-state index contributed by atoms with van der Waals surface area (Å²) in [6.07, 6.45) is -0.745. The average molecular weight is 403 g/mol. The molecule has 2 N–H and O–H groups in total. The lowest BCUT2D eigenvalue weighted by Crippen LogP contribution is -2.16. The van der Waals surface area contributed by atoms with Crippen LogP contribution in [0.15, 0.2) is 66.2 Å². The summed E-state index contributed by atoms with van der Waals surface area (Å²) < 4.78 is 34.8. The Kier molecular flexibility index (Phi) is 6.70. The molecule has 1 heterocycles. The number of hydrogen-bond acceptors (Lipinski definition) is 8. The molecule has 146 valence electrons. The normalized spacial score (nSPS) is 15.9.